The van der Waals surface area contributed by atoms with E-state index in [4.69, 9.17) is 5.73 Å². The molecule has 0 saturated heterocycles. The summed E-state index contributed by atoms with van der Waals surface area (Å²) in [5.74, 6) is 1.17. The van der Waals surface area contributed by atoms with Gasteiger partial charge in [-0.05, 0) is 44.8 Å². The molecule has 2 atom stereocenters. The summed E-state index contributed by atoms with van der Waals surface area (Å²) in [5.41, 5.74) is 7.45. The second-order valence-corrected chi connectivity index (χ2v) is 6.47. The van der Waals surface area contributed by atoms with Crippen LogP contribution in [-0.4, -0.2) is 36.5 Å². The molecule has 0 aliphatic rings. The Balaban J connectivity index is 2.46. The zero-order chi connectivity index (χ0) is 13.5. The minimum atomic E-state index is 0.101. The van der Waals surface area contributed by atoms with Crippen molar-refractivity contribution in [2.24, 2.45) is 5.73 Å². The van der Waals surface area contributed by atoms with E-state index in [1.165, 1.54) is 11.3 Å². The minimum absolute atomic E-state index is 0.101. The molecule has 1 aromatic carbocycles. The van der Waals surface area contributed by atoms with Crippen molar-refractivity contribution in [3.63, 3.8) is 0 Å². The number of nitrogens with zero attached hydrogens (tertiary/aromatic N) is 1. The fraction of sp³-hybridized carbons (Fsp3) is 0.571. The predicted molar refractivity (Wildman–Crippen MR) is 86.2 cm³/mol. The van der Waals surface area contributed by atoms with Crippen LogP contribution in [0, 0.1) is 0 Å². The van der Waals surface area contributed by atoms with Crippen molar-refractivity contribution in [2.75, 3.05) is 25.6 Å². The van der Waals surface area contributed by atoms with Gasteiger partial charge in [0.1, 0.15) is 0 Å². The predicted octanol–water partition coefficient (Wildman–Crippen LogP) is 3.52. The highest BCUT2D eigenvalue weighted by Crippen LogP contribution is 2.23. The van der Waals surface area contributed by atoms with E-state index in [1.54, 1.807) is 0 Å². The summed E-state index contributed by atoms with van der Waals surface area (Å²) in [5, 5.41) is 0. The van der Waals surface area contributed by atoms with Gasteiger partial charge in [-0.15, -0.1) is 0 Å². The van der Waals surface area contributed by atoms with E-state index in [2.05, 4.69) is 53.2 Å². The van der Waals surface area contributed by atoms with Crippen LogP contribution in [0.25, 0.3) is 0 Å². The number of benzene rings is 1. The van der Waals surface area contributed by atoms with Crippen molar-refractivity contribution in [3.8, 4) is 0 Å². The topological polar surface area (TPSA) is 29.3 Å². The molecule has 2 nitrogen and oxygen atoms in total. The van der Waals surface area contributed by atoms with E-state index in [0.717, 1.165) is 17.4 Å². The average Bonchev–Trinajstić information content (AvgIpc) is 2.36. The van der Waals surface area contributed by atoms with Crippen molar-refractivity contribution in [3.05, 3.63) is 34.3 Å². The van der Waals surface area contributed by atoms with Crippen LogP contribution in [-0.2, 0) is 0 Å². The molecule has 0 heterocycles. The van der Waals surface area contributed by atoms with Gasteiger partial charge in [0.15, 0.2) is 0 Å². The summed E-state index contributed by atoms with van der Waals surface area (Å²) in [6.45, 7) is 3.30. The van der Waals surface area contributed by atoms with Crippen LogP contribution < -0.4 is 5.73 Å². The lowest BCUT2D eigenvalue weighted by atomic mass is 10.0. The Morgan fingerprint density at radius 1 is 1.39 bits per heavy atom. The molecule has 0 fully saturated rings. The molecule has 0 aromatic heterocycles. The first-order chi connectivity index (χ1) is 8.56. The fourth-order valence-corrected chi connectivity index (χ4v) is 3.18. The number of hydrogen-bond donors (Lipinski definition) is 1. The molecular formula is C14H23BrN2S. The summed E-state index contributed by atoms with van der Waals surface area (Å²) in [6, 6.07) is 8.92. The molecule has 1 rings (SSSR count). The van der Waals surface area contributed by atoms with Crippen molar-refractivity contribution < 1.29 is 0 Å². The molecule has 2 unspecified atom stereocenters. The lowest BCUT2D eigenvalue weighted by molar-refractivity contribution is 0.267. The molecule has 2 N–H and O–H groups in total. The monoisotopic (exact) mass is 330 g/mol. The Morgan fingerprint density at radius 3 is 2.67 bits per heavy atom. The van der Waals surface area contributed by atoms with Crippen LogP contribution >= 0.6 is 27.7 Å². The summed E-state index contributed by atoms with van der Waals surface area (Å²) in [6.07, 6.45) is 3.13. The van der Waals surface area contributed by atoms with E-state index < -0.39 is 0 Å². The van der Waals surface area contributed by atoms with Crippen LogP contribution in [0.15, 0.2) is 28.7 Å². The number of thioether (sulfide) groups is 1. The summed E-state index contributed by atoms with van der Waals surface area (Å²) >= 11 is 5.45. The van der Waals surface area contributed by atoms with Gasteiger partial charge in [-0.2, -0.15) is 11.8 Å². The fourth-order valence-electron chi connectivity index (χ4n) is 1.86. The van der Waals surface area contributed by atoms with Crippen LogP contribution in [0.1, 0.15) is 24.9 Å². The van der Waals surface area contributed by atoms with Gasteiger partial charge >= 0.3 is 0 Å². The van der Waals surface area contributed by atoms with Crippen LogP contribution in [0.4, 0.5) is 0 Å². The Bertz CT molecular complexity index is 359. The first kappa shape index (κ1) is 16.0. The zero-order valence-corrected chi connectivity index (χ0v) is 13.8. The first-order valence-electron chi connectivity index (χ1n) is 6.25. The van der Waals surface area contributed by atoms with Gasteiger partial charge in [-0.3, -0.25) is 0 Å². The quantitative estimate of drug-likeness (QED) is 0.829. The normalized spacial score (nSPS) is 14.8. The van der Waals surface area contributed by atoms with Gasteiger partial charge in [0.25, 0.3) is 0 Å². The summed E-state index contributed by atoms with van der Waals surface area (Å²) < 4.78 is 1.11. The first-order valence-corrected chi connectivity index (χ1v) is 8.44. The second kappa shape index (κ2) is 8.20. The molecule has 0 saturated carbocycles. The van der Waals surface area contributed by atoms with E-state index in [0.29, 0.717) is 6.04 Å². The maximum atomic E-state index is 6.26. The minimum Gasteiger partial charge on any atom is -0.324 e. The van der Waals surface area contributed by atoms with Crippen molar-refractivity contribution in [1.29, 1.82) is 0 Å². The SMILES string of the molecule is CSCC(C)N(C)CCC(N)c1ccccc1Br. The molecule has 0 aliphatic carbocycles. The largest absolute Gasteiger partial charge is 0.324 e. The molecule has 1 aromatic rings. The summed E-state index contributed by atoms with van der Waals surface area (Å²) in [4.78, 5) is 2.38. The standard InChI is InChI=1S/C14H23BrN2S/c1-11(10-18-3)17(2)9-8-14(16)12-6-4-5-7-13(12)15/h4-7,11,14H,8-10,16H2,1-3H3. The Kier molecular flexibility index (Phi) is 7.30. The Labute approximate surface area is 123 Å². The second-order valence-electron chi connectivity index (χ2n) is 4.70. The molecule has 0 amide bonds. The van der Waals surface area contributed by atoms with Crippen LogP contribution in [0.3, 0.4) is 0 Å². The number of nitrogens with two attached hydrogens (primary N) is 1. The number of rotatable bonds is 7. The van der Waals surface area contributed by atoms with Gasteiger partial charge in [-0.1, -0.05) is 34.1 Å². The van der Waals surface area contributed by atoms with Crippen LogP contribution in [0.2, 0.25) is 0 Å². The number of halogens is 1. The molecule has 0 radical (unpaired) electrons. The third kappa shape index (κ3) is 4.92. The highest BCUT2D eigenvalue weighted by Gasteiger charge is 2.13. The summed E-state index contributed by atoms with van der Waals surface area (Å²) in [7, 11) is 2.17. The van der Waals surface area contributed by atoms with Crippen molar-refractivity contribution in [1.82, 2.24) is 4.90 Å². The molecular weight excluding hydrogens is 308 g/mol. The number of hydrogen-bond acceptors (Lipinski definition) is 3. The molecule has 18 heavy (non-hydrogen) atoms. The van der Waals surface area contributed by atoms with Crippen molar-refractivity contribution in [2.45, 2.75) is 25.4 Å². The van der Waals surface area contributed by atoms with Gasteiger partial charge in [0.2, 0.25) is 0 Å². The molecule has 0 bridgehead atoms. The van der Waals surface area contributed by atoms with E-state index in [-0.39, 0.29) is 6.04 Å². The third-order valence-electron chi connectivity index (χ3n) is 3.26. The van der Waals surface area contributed by atoms with E-state index in [9.17, 15) is 0 Å². The lowest BCUT2D eigenvalue weighted by Crippen LogP contribution is -2.33. The maximum absolute atomic E-state index is 6.26. The van der Waals surface area contributed by atoms with E-state index >= 15 is 0 Å². The van der Waals surface area contributed by atoms with Crippen molar-refractivity contribution >= 4 is 27.7 Å². The molecule has 4 heteroatoms. The lowest BCUT2D eigenvalue weighted by Gasteiger charge is -2.25. The molecule has 102 valence electrons. The third-order valence-corrected chi connectivity index (χ3v) is 4.80. The Morgan fingerprint density at radius 2 is 2.06 bits per heavy atom. The zero-order valence-electron chi connectivity index (χ0n) is 11.4. The highest BCUT2D eigenvalue weighted by molar-refractivity contribution is 9.10. The highest BCUT2D eigenvalue weighted by atomic mass is 79.9. The smallest absolute Gasteiger partial charge is 0.0318 e. The Hall–Kier alpha value is -0.0300. The van der Waals surface area contributed by atoms with Gasteiger partial charge in [0, 0.05) is 22.3 Å². The maximum Gasteiger partial charge on any atom is 0.0318 e. The average molecular weight is 331 g/mol. The van der Waals surface area contributed by atoms with Crippen LogP contribution in [0.5, 0.6) is 0 Å². The van der Waals surface area contributed by atoms with Gasteiger partial charge < -0.3 is 10.6 Å². The molecule has 0 spiro atoms. The molecule has 0 aliphatic heterocycles. The van der Waals surface area contributed by atoms with E-state index in [1.807, 2.05) is 23.9 Å². The van der Waals surface area contributed by atoms with Gasteiger partial charge in [-0.25, -0.2) is 0 Å². The van der Waals surface area contributed by atoms with Gasteiger partial charge in [0.05, 0.1) is 0 Å².